The molecule has 184 valence electrons. The first-order valence-corrected chi connectivity index (χ1v) is 13.0. The van der Waals surface area contributed by atoms with Crippen molar-refractivity contribution in [3.63, 3.8) is 0 Å². The van der Waals surface area contributed by atoms with Crippen molar-refractivity contribution in [2.75, 3.05) is 4.90 Å². The standard InChI is InChI=1S/C33H20N3O2P/c34-19-21-6-1-2-7-24(21)20-12-17-26-25-8-3-4-10-28(25)36(30(26)18-20)29-11-5-9-27-31(29)33(38)35(32(27)37)22-13-15-23(39)16-14-22/h1-18H,39H2. The summed E-state index contributed by atoms with van der Waals surface area (Å²) in [5.41, 5.74) is 6.09. The Kier molecular flexibility index (Phi) is 5.20. The lowest BCUT2D eigenvalue weighted by atomic mass is 9.99. The topological polar surface area (TPSA) is 66.1 Å². The number of anilines is 1. The second kappa shape index (κ2) is 8.77. The zero-order valence-electron chi connectivity index (χ0n) is 20.6. The third kappa shape index (κ3) is 3.43. The summed E-state index contributed by atoms with van der Waals surface area (Å²) in [6, 6.07) is 36.7. The van der Waals surface area contributed by atoms with Crippen LogP contribution in [-0.4, -0.2) is 16.4 Å². The molecule has 2 heterocycles. The van der Waals surface area contributed by atoms with Crippen LogP contribution < -0.4 is 10.2 Å². The van der Waals surface area contributed by atoms with Crippen molar-refractivity contribution in [3.8, 4) is 22.9 Å². The molecule has 5 nitrogen and oxygen atoms in total. The summed E-state index contributed by atoms with van der Waals surface area (Å²) in [5.74, 6) is -0.684. The highest BCUT2D eigenvalue weighted by molar-refractivity contribution is 7.27. The van der Waals surface area contributed by atoms with Gasteiger partial charge in [-0.3, -0.25) is 9.59 Å². The lowest BCUT2D eigenvalue weighted by molar-refractivity contribution is 0.0926. The molecule has 2 amide bonds. The molecule has 5 aromatic carbocycles. The Bertz CT molecular complexity index is 2030. The normalized spacial score (nSPS) is 12.8. The van der Waals surface area contributed by atoms with Crippen molar-refractivity contribution in [1.82, 2.24) is 4.57 Å². The van der Waals surface area contributed by atoms with Gasteiger partial charge in [-0.15, -0.1) is 9.24 Å². The predicted molar refractivity (Wildman–Crippen MR) is 158 cm³/mol. The molecule has 0 radical (unpaired) electrons. The summed E-state index contributed by atoms with van der Waals surface area (Å²) < 4.78 is 2.06. The van der Waals surface area contributed by atoms with Gasteiger partial charge >= 0.3 is 0 Å². The maximum absolute atomic E-state index is 13.9. The maximum Gasteiger partial charge on any atom is 0.268 e. The number of aromatic nitrogens is 1. The number of carbonyl (C=O) groups is 2. The molecule has 1 aliphatic rings. The van der Waals surface area contributed by atoms with E-state index in [0.717, 1.165) is 38.2 Å². The zero-order chi connectivity index (χ0) is 26.7. The Labute approximate surface area is 226 Å². The van der Waals surface area contributed by atoms with Gasteiger partial charge in [0.2, 0.25) is 0 Å². The number of benzene rings is 5. The largest absolute Gasteiger partial charge is 0.308 e. The third-order valence-electron chi connectivity index (χ3n) is 7.32. The van der Waals surface area contributed by atoms with Crippen LogP contribution >= 0.6 is 9.24 Å². The molecule has 0 aliphatic carbocycles. The molecule has 6 heteroatoms. The molecule has 39 heavy (non-hydrogen) atoms. The number of nitriles is 1. The van der Waals surface area contributed by atoms with Gasteiger partial charge in [-0.1, -0.05) is 66.7 Å². The van der Waals surface area contributed by atoms with Crippen LogP contribution in [0, 0.1) is 11.3 Å². The van der Waals surface area contributed by atoms with Crippen LogP contribution in [0.5, 0.6) is 0 Å². The van der Waals surface area contributed by atoms with Gasteiger partial charge in [0.05, 0.1) is 45.2 Å². The van der Waals surface area contributed by atoms with Crippen LogP contribution in [0.25, 0.3) is 38.6 Å². The number of nitrogens with zero attached hydrogens (tertiary/aromatic N) is 3. The average Bonchev–Trinajstić information content (AvgIpc) is 3.44. The molecule has 0 N–H and O–H groups in total. The van der Waals surface area contributed by atoms with Crippen molar-refractivity contribution < 1.29 is 9.59 Å². The van der Waals surface area contributed by atoms with Gasteiger partial charge in [-0.2, -0.15) is 5.26 Å². The quantitative estimate of drug-likeness (QED) is 0.194. The van der Waals surface area contributed by atoms with E-state index in [1.807, 2.05) is 72.8 Å². The van der Waals surface area contributed by atoms with Crippen molar-refractivity contribution in [1.29, 1.82) is 5.26 Å². The van der Waals surface area contributed by atoms with E-state index in [0.29, 0.717) is 28.1 Å². The second-order valence-electron chi connectivity index (χ2n) is 9.48. The highest BCUT2D eigenvalue weighted by Crippen LogP contribution is 2.39. The van der Waals surface area contributed by atoms with Crippen molar-refractivity contribution in [3.05, 3.63) is 126 Å². The third-order valence-corrected chi connectivity index (χ3v) is 7.70. The van der Waals surface area contributed by atoms with Gasteiger partial charge < -0.3 is 4.57 Å². The summed E-state index contributed by atoms with van der Waals surface area (Å²) in [6.07, 6.45) is 0. The van der Waals surface area contributed by atoms with Gasteiger partial charge in [0.15, 0.2) is 0 Å². The van der Waals surface area contributed by atoms with Crippen LogP contribution in [0.15, 0.2) is 109 Å². The fraction of sp³-hybridized carbons (Fsp3) is 0. The van der Waals surface area contributed by atoms with Crippen LogP contribution in [0.2, 0.25) is 0 Å². The Morgan fingerprint density at radius 1 is 0.667 bits per heavy atom. The highest BCUT2D eigenvalue weighted by Gasteiger charge is 2.39. The Hall–Kier alpha value is -5.04. The van der Waals surface area contributed by atoms with Crippen LogP contribution in [0.3, 0.4) is 0 Å². The van der Waals surface area contributed by atoms with E-state index in [1.54, 1.807) is 18.2 Å². The number of hydrogen-bond acceptors (Lipinski definition) is 3. The molecule has 0 bridgehead atoms. The van der Waals surface area contributed by atoms with E-state index in [-0.39, 0.29) is 11.8 Å². The Morgan fingerprint density at radius 2 is 1.38 bits per heavy atom. The van der Waals surface area contributed by atoms with Crippen molar-refractivity contribution in [2.45, 2.75) is 0 Å². The molecule has 1 aromatic heterocycles. The summed E-state index contributed by atoms with van der Waals surface area (Å²) in [5, 5.41) is 12.7. The van der Waals surface area contributed by atoms with E-state index in [1.165, 1.54) is 4.90 Å². The molecule has 0 fully saturated rings. The van der Waals surface area contributed by atoms with Gasteiger partial charge in [0, 0.05) is 10.8 Å². The fourth-order valence-corrected chi connectivity index (χ4v) is 5.73. The first-order valence-electron chi connectivity index (χ1n) is 12.5. The van der Waals surface area contributed by atoms with E-state index in [4.69, 9.17) is 0 Å². The molecule has 1 atom stereocenters. The SMILES string of the molecule is N#Cc1ccccc1-c1ccc2c3ccccc3n(-c3cccc4c3C(=O)N(c3ccc(P)cc3)C4=O)c2c1. The molecular weight excluding hydrogens is 501 g/mol. The molecule has 0 spiro atoms. The van der Waals surface area contributed by atoms with E-state index in [2.05, 4.69) is 38.1 Å². The molecule has 0 saturated carbocycles. The number of hydrogen-bond donors (Lipinski definition) is 0. The van der Waals surface area contributed by atoms with Gasteiger partial charge in [0.25, 0.3) is 11.8 Å². The second-order valence-corrected chi connectivity index (χ2v) is 10.1. The fourth-order valence-electron chi connectivity index (χ4n) is 5.54. The lowest BCUT2D eigenvalue weighted by Gasteiger charge is -2.15. The predicted octanol–water partition coefficient (Wildman–Crippen LogP) is 6.62. The van der Waals surface area contributed by atoms with E-state index in [9.17, 15) is 14.9 Å². The minimum Gasteiger partial charge on any atom is -0.308 e. The summed E-state index contributed by atoms with van der Waals surface area (Å²) in [4.78, 5) is 28.7. The lowest BCUT2D eigenvalue weighted by Crippen LogP contribution is -2.29. The van der Waals surface area contributed by atoms with Gasteiger partial charge in [-0.25, -0.2) is 4.90 Å². The summed E-state index contributed by atoms with van der Waals surface area (Å²) in [7, 11) is 2.61. The number of carbonyl (C=O) groups excluding carboxylic acids is 2. The van der Waals surface area contributed by atoms with E-state index >= 15 is 0 Å². The summed E-state index contributed by atoms with van der Waals surface area (Å²) >= 11 is 0. The number of rotatable bonds is 3. The molecule has 1 unspecified atom stereocenters. The number of imide groups is 1. The number of para-hydroxylation sites is 1. The average molecular weight is 522 g/mol. The molecule has 1 aliphatic heterocycles. The smallest absolute Gasteiger partial charge is 0.268 e. The molecule has 6 aromatic rings. The van der Waals surface area contributed by atoms with Crippen molar-refractivity contribution >= 4 is 53.9 Å². The molecule has 0 saturated heterocycles. The first kappa shape index (κ1) is 23.1. The van der Waals surface area contributed by atoms with Crippen molar-refractivity contribution in [2.24, 2.45) is 0 Å². The zero-order valence-corrected chi connectivity index (χ0v) is 21.8. The van der Waals surface area contributed by atoms with Crippen LogP contribution in [0.1, 0.15) is 26.3 Å². The van der Waals surface area contributed by atoms with Crippen LogP contribution in [-0.2, 0) is 0 Å². The Balaban J connectivity index is 1.50. The van der Waals surface area contributed by atoms with Gasteiger partial charge in [-0.05, 0) is 58.9 Å². The molecular formula is C33H20N3O2P. The number of amides is 2. The number of fused-ring (bicyclic) bond motifs is 4. The summed E-state index contributed by atoms with van der Waals surface area (Å²) in [6.45, 7) is 0. The minimum absolute atomic E-state index is 0.335. The minimum atomic E-state index is -0.348. The molecule has 7 rings (SSSR count). The maximum atomic E-state index is 13.9. The van der Waals surface area contributed by atoms with E-state index < -0.39 is 0 Å². The van der Waals surface area contributed by atoms with Crippen LogP contribution in [0.4, 0.5) is 5.69 Å². The van der Waals surface area contributed by atoms with Gasteiger partial charge in [0.1, 0.15) is 0 Å². The first-order chi connectivity index (χ1) is 19.1. The monoisotopic (exact) mass is 521 g/mol. The highest BCUT2D eigenvalue weighted by atomic mass is 31.0. The Morgan fingerprint density at radius 3 is 2.21 bits per heavy atom.